The predicted molar refractivity (Wildman–Crippen MR) is 86.4 cm³/mol. The predicted octanol–water partition coefficient (Wildman–Crippen LogP) is 5.32. The third-order valence-electron chi connectivity index (χ3n) is 2.83. The molecule has 116 valence electrons. The van der Waals surface area contributed by atoms with Gasteiger partial charge in [-0.1, -0.05) is 55.8 Å². The number of rotatable bonds is 8. The zero-order chi connectivity index (χ0) is 16.1. The Morgan fingerprint density at radius 2 is 1.81 bits per heavy atom. The standard InChI is InChI=1S/C13H17.C3H7O.C2H5O.Sc/c1-4-8-13(11(2)3)12-9-6-5-7-10-12;1-3(2)4;1-2-3;/h5-7,9-10,13H,2-4,8H2,1H3;3H,1-2H3;2H2,1H3;/q;2*-1;+2. The summed E-state index contributed by atoms with van der Waals surface area (Å²) in [6, 6.07) is 10.5. The second kappa shape index (κ2) is 13.4. The fraction of sp³-hybridized carbons (Fsp3) is 0.500. The fourth-order valence-electron chi connectivity index (χ4n) is 1.80. The van der Waals surface area contributed by atoms with Crippen molar-refractivity contribution < 1.29 is 29.5 Å². The molecule has 3 heteroatoms. The van der Waals surface area contributed by atoms with E-state index in [1.165, 1.54) is 12.0 Å². The molecule has 1 rings (SSSR count). The van der Waals surface area contributed by atoms with Gasteiger partial charge in [0, 0.05) is 5.92 Å². The Labute approximate surface area is 143 Å². The molecule has 0 bridgehead atoms. The molecule has 0 aliphatic heterocycles. The van der Waals surface area contributed by atoms with Crippen LogP contribution in [0.4, 0.5) is 0 Å². The molecule has 0 aliphatic carbocycles. The van der Waals surface area contributed by atoms with Crippen LogP contribution in [0.5, 0.6) is 0 Å². The summed E-state index contributed by atoms with van der Waals surface area (Å²) in [6.07, 6.45) is 2.67. The van der Waals surface area contributed by atoms with Crippen molar-refractivity contribution >= 4 is 0 Å². The van der Waals surface area contributed by atoms with Crippen LogP contribution in [0, 0.1) is 6.92 Å². The molecule has 0 heterocycles. The average Bonchev–Trinajstić information content (AvgIpc) is 2.46. The normalized spacial score (nSPS) is 11.3. The maximum atomic E-state index is 5.22. The Hall–Kier alpha value is -0.250. The summed E-state index contributed by atoms with van der Waals surface area (Å²) in [6.45, 7) is 16.9. The summed E-state index contributed by atoms with van der Waals surface area (Å²) in [5.74, 6) is 0.436. The van der Waals surface area contributed by atoms with Gasteiger partial charge < -0.3 is 0 Å². The van der Waals surface area contributed by atoms with E-state index in [9.17, 15) is 0 Å². The molecule has 0 N–H and O–H groups in total. The van der Waals surface area contributed by atoms with E-state index in [0.717, 1.165) is 18.6 Å². The summed E-state index contributed by atoms with van der Waals surface area (Å²) >= 11 is -0.769. The van der Waals surface area contributed by atoms with Gasteiger partial charge in [-0.25, -0.2) is 0 Å². The number of hydrogen-bond donors (Lipinski definition) is 0. The first-order valence-electron chi connectivity index (χ1n) is 7.67. The average molecular weight is 322 g/mol. The Morgan fingerprint density at radius 3 is 2.24 bits per heavy atom. The van der Waals surface area contributed by atoms with Crippen LogP contribution < -0.4 is 0 Å². The summed E-state index contributed by atoms with van der Waals surface area (Å²) < 4.78 is 10.3. The van der Waals surface area contributed by atoms with Crippen LogP contribution in [0.25, 0.3) is 0 Å². The summed E-state index contributed by atoms with van der Waals surface area (Å²) in [5.41, 5.74) is 2.36. The van der Waals surface area contributed by atoms with Crippen molar-refractivity contribution in [2.24, 2.45) is 0 Å². The number of hydrogen-bond acceptors (Lipinski definition) is 2. The molecule has 0 saturated heterocycles. The van der Waals surface area contributed by atoms with E-state index in [-0.39, 0.29) is 0 Å². The molecular weight excluding hydrogens is 293 g/mol. The second-order valence-corrected chi connectivity index (χ2v) is 6.39. The van der Waals surface area contributed by atoms with Crippen molar-refractivity contribution in [2.75, 3.05) is 6.61 Å². The van der Waals surface area contributed by atoms with Crippen molar-refractivity contribution in [3.63, 3.8) is 0 Å². The van der Waals surface area contributed by atoms with Gasteiger partial charge in [-0.3, -0.25) is 0 Å². The van der Waals surface area contributed by atoms with E-state index >= 15 is 0 Å². The van der Waals surface area contributed by atoms with Crippen molar-refractivity contribution in [2.45, 2.75) is 52.6 Å². The maximum Gasteiger partial charge on any atom is 0.00454 e. The largest absolute Gasteiger partial charge is 0.0992 e. The van der Waals surface area contributed by atoms with Crippen LogP contribution >= 0.6 is 0 Å². The molecule has 21 heavy (non-hydrogen) atoms. The third kappa shape index (κ3) is 11.0. The Balaban J connectivity index is 0.000000433. The summed E-state index contributed by atoms with van der Waals surface area (Å²) in [4.78, 5) is 0. The van der Waals surface area contributed by atoms with E-state index in [0.29, 0.717) is 12.0 Å². The van der Waals surface area contributed by atoms with Gasteiger partial charge in [0.15, 0.2) is 0 Å². The first-order chi connectivity index (χ1) is 10.0. The maximum absolute atomic E-state index is 5.22. The van der Waals surface area contributed by atoms with E-state index in [1.807, 2.05) is 26.8 Å². The van der Waals surface area contributed by atoms with Crippen molar-refractivity contribution in [3.05, 3.63) is 55.0 Å². The van der Waals surface area contributed by atoms with Gasteiger partial charge in [-0.15, -0.1) is 0 Å². The number of benzene rings is 1. The fourth-order valence-corrected chi connectivity index (χ4v) is 2.48. The minimum atomic E-state index is -0.769. The quantitative estimate of drug-likeness (QED) is 0.603. The summed E-state index contributed by atoms with van der Waals surface area (Å²) in [5, 5.41) is 0. The zero-order valence-corrected chi connectivity index (χ0v) is 15.8. The van der Waals surface area contributed by atoms with Crippen LogP contribution in [-0.4, -0.2) is 12.7 Å². The molecule has 0 spiro atoms. The minimum absolute atomic E-state index is 0.349. The van der Waals surface area contributed by atoms with E-state index in [4.69, 9.17) is 5.71 Å². The molecule has 1 aromatic carbocycles. The van der Waals surface area contributed by atoms with Gasteiger partial charge in [0.25, 0.3) is 0 Å². The Kier molecular flexibility index (Phi) is 13.3. The van der Waals surface area contributed by atoms with Gasteiger partial charge in [-0.05, 0) is 18.9 Å². The topological polar surface area (TPSA) is 18.5 Å². The van der Waals surface area contributed by atoms with Crippen molar-refractivity contribution in [1.82, 2.24) is 0 Å². The van der Waals surface area contributed by atoms with Gasteiger partial charge in [-0.2, -0.15) is 0 Å². The molecule has 0 aromatic heterocycles. The van der Waals surface area contributed by atoms with Crippen LogP contribution in [0.2, 0.25) is 0 Å². The van der Waals surface area contributed by atoms with E-state index < -0.39 is 23.8 Å². The third-order valence-corrected chi connectivity index (χ3v) is 4.59. The first kappa shape index (κ1) is 20.8. The molecule has 0 aliphatic rings. The molecule has 2 nitrogen and oxygen atoms in total. The Bertz CT molecular complexity index is 363. The molecule has 0 fully saturated rings. The van der Waals surface area contributed by atoms with Crippen LogP contribution in [0.1, 0.15) is 52.0 Å². The molecule has 0 saturated carbocycles. The first-order valence-corrected chi connectivity index (χ1v) is 9.14. The van der Waals surface area contributed by atoms with Gasteiger partial charge in [0.05, 0.1) is 0 Å². The van der Waals surface area contributed by atoms with Crippen LogP contribution in [-0.2, 0) is 29.5 Å². The van der Waals surface area contributed by atoms with Crippen LogP contribution in [0.3, 0.4) is 0 Å². The van der Waals surface area contributed by atoms with Crippen molar-refractivity contribution in [3.8, 4) is 0 Å². The van der Waals surface area contributed by atoms with Crippen molar-refractivity contribution in [1.29, 1.82) is 0 Å². The minimum Gasteiger partial charge on any atom is -0.0992 e. The second-order valence-electron chi connectivity index (χ2n) is 5.15. The molecular formula is C18H29O2Sc. The summed E-state index contributed by atoms with van der Waals surface area (Å²) in [7, 11) is 0. The van der Waals surface area contributed by atoms with E-state index in [2.05, 4.69) is 44.7 Å². The van der Waals surface area contributed by atoms with Gasteiger partial charge in [0.2, 0.25) is 0 Å². The molecule has 1 atom stereocenters. The van der Waals surface area contributed by atoms with Gasteiger partial charge in [0.1, 0.15) is 0 Å². The zero-order valence-electron chi connectivity index (χ0n) is 14.0. The van der Waals surface area contributed by atoms with Crippen LogP contribution in [0.15, 0.2) is 42.5 Å². The molecule has 0 amide bonds. The molecule has 1 aromatic rings. The monoisotopic (exact) mass is 322 g/mol. The van der Waals surface area contributed by atoms with Gasteiger partial charge >= 0.3 is 63.0 Å². The van der Waals surface area contributed by atoms with E-state index in [1.54, 1.807) is 0 Å². The smallest absolute Gasteiger partial charge is 0.00454 e. The SMILES string of the molecule is CC[O][Sc][O]C(C)C.[CH2]C(=C)C(CCC)c1ccccc1. The Morgan fingerprint density at radius 1 is 1.19 bits per heavy atom. The number of allylic oxidation sites excluding steroid dienone is 1. The molecule has 1 unspecified atom stereocenters. The molecule has 1 radical (unpaired) electrons.